The van der Waals surface area contributed by atoms with Crippen molar-refractivity contribution in [1.82, 2.24) is 5.32 Å². The standard InChI is InChI=1S/C14H21BrFN/c1-4-14(5-2,6-3)17-10-11-8-7-9-12(16)13(11)15/h7-9,17H,4-6,10H2,1-3H3. The minimum absolute atomic E-state index is 0.172. The Morgan fingerprint density at radius 2 is 1.76 bits per heavy atom. The van der Waals surface area contributed by atoms with E-state index in [9.17, 15) is 4.39 Å². The lowest BCUT2D eigenvalue weighted by atomic mass is 9.89. The lowest BCUT2D eigenvalue weighted by Crippen LogP contribution is -2.43. The second-order valence-electron chi connectivity index (χ2n) is 4.41. The first-order chi connectivity index (χ1) is 8.08. The maximum Gasteiger partial charge on any atom is 0.137 e. The molecule has 0 radical (unpaired) electrons. The SMILES string of the molecule is CCC(CC)(CC)NCc1cccc(F)c1Br. The normalized spacial score (nSPS) is 11.8. The predicted molar refractivity (Wildman–Crippen MR) is 74.5 cm³/mol. The van der Waals surface area contributed by atoms with Crippen molar-refractivity contribution in [3.63, 3.8) is 0 Å². The van der Waals surface area contributed by atoms with Crippen molar-refractivity contribution in [3.8, 4) is 0 Å². The highest BCUT2D eigenvalue weighted by molar-refractivity contribution is 9.10. The van der Waals surface area contributed by atoms with Gasteiger partial charge in [0.1, 0.15) is 5.82 Å². The molecule has 0 aromatic heterocycles. The van der Waals surface area contributed by atoms with E-state index in [1.807, 2.05) is 6.07 Å². The fraction of sp³-hybridized carbons (Fsp3) is 0.571. The lowest BCUT2D eigenvalue weighted by Gasteiger charge is -2.32. The van der Waals surface area contributed by atoms with E-state index in [2.05, 4.69) is 42.0 Å². The molecule has 3 heteroatoms. The van der Waals surface area contributed by atoms with Crippen molar-refractivity contribution in [2.45, 2.75) is 52.1 Å². The van der Waals surface area contributed by atoms with E-state index in [1.54, 1.807) is 6.07 Å². The Labute approximate surface area is 112 Å². The van der Waals surface area contributed by atoms with Crippen LogP contribution in [0.3, 0.4) is 0 Å². The van der Waals surface area contributed by atoms with Crippen LogP contribution in [0.25, 0.3) is 0 Å². The Morgan fingerprint density at radius 3 is 2.29 bits per heavy atom. The number of benzene rings is 1. The zero-order chi connectivity index (χ0) is 12.9. The molecular formula is C14H21BrFN. The Hall–Kier alpha value is -0.410. The molecule has 0 atom stereocenters. The van der Waals surface area contributed by atoms with Gasteiger partial charge in [-0.3, -0.25) is 0 Å². The van der Waals surface area contributed by atoms with Crippen LogP contribution in [0.1, 0.15) is 45.6 Å². The van der Waals surface area contributed by atoms with Crippen LogP contribution in [-0.2, 0) is 6.54 Å². The maximum atomic E-state index is 13.4. The van der Waals surface area contributed by atoms with Crippen LogP contribution >= 0.6 is 15.9 Å². The van der Waals surface area contributed by atoms with Gasteiger partial charge in [0.25, 0.3) is 0 Å². The van der Waals surface area contributed by atoms with Gasteiger partial charge in [0.2, 0.25) is 0 Å². The van der Waals surface area contributed by atoms with Gasteiger partial charge in [0.05, 0.1) is 4.47 Å². The van der Waals surface area contributed by atoms with Crippen molar-refractivity contribution in [1.29, 1.82) is 0 Å². The van der Waals surface area contributed by atoms with E-state index < -0.39 is 0 Å². The fourth-order valence-corrected chi connectivity index (χ4v) is 2.50. The van der Waals surface area contributed by atoms with Gasteiger partial charge in [-0.1, -0.05) is 32.9 Å². The van der Waals surface area contributed by atoms with Crippen LogP contribution in [0.5, 0.6) is 0 Å². The molecule has 0 aliphatic rings. The van der Waals surface area contributed by atoms with Gasteiger partial charge in [-0.2, -0.15) is 0 Å². The first-order valence-corrected chi connectivity index (χ1v) is 7.05. The molecule has 1 aromatic rings. The summed E-state index contributed by atoms with van der Waals surface area (Å²) in [6.07, 6.45) is 3.27. The monoisotopic (exact) mass is 301 g/mol. The summed E-state index contributed by atoms with van der Waals surface area (Å²) in [6.45, 7) is 7.29. The lowest BCUT2D eigenvalue weighted by molar-refractivity contribution is 0.287. The third-order valence-corrected chi connectivity index (χ3v) is 4.60. The quantitative estimate of drug-likeness (QED) is 0.806. The molecule has 0 amide bonds. The van der Waals surface area contributed by atoms with Gasteiger partial charge >= 0.3 is 0 Å². The molecular weight excluding hydrogens is 281 g/mol. The van der Waals surface area contributed by atoms with E-state index in [0.29, 0.717) is 11.0 Å². The van der Waals surface area contributed by atoms with Crippen molar-refractivity contribution in [2.24, 2.45) is 0 Å². The van der Waals surface area contributed by atoms with E-state index in [-0.39, 0.29) is 11.4 Å². The topological polar surface area (TPSA) is 12.0 Å². The van der Waals surface area contributed by atoms with Crippen molar-refractivity contribution in [2.75, 3.05) is 0 Å². The summed E-state index contributed by atoms with van der Waals surface area (Å²) in [4.78, 5) is 0. The zero-order valence-electron chi connectivity index (χ0n) is 10.8. The molecule has 0 fully saturated rings. The third-order valence-electron chi connectivity index (χ3n) is 3.72. The Morgan fingerprint density at radius 1 is 1.18 bits per heavy atom. The molecule has 0 aliphatic carbocycles. The summed E-state index contributed by atoms with van der Waals surface area (Å²) in [5.41, 5.74) is 1.15. The van der Waals surface area contributed by atoms with Gasteiger partial charge in [0.15, 0.2) is 0 Å². The first-order valence-electron chi connectivity index (χ1n) is 6.26. The minimum atomic E-state index is -0.195. The van der Waals surface area contributed by atoms with Crippen molar-refractivity contribution >= 4 is 15.9 Å². The zero-order valence-corrected chi connectivity index (χ0v) is 12.4. The fourth-order valence-electron chi connectivity index (χ4n) is 2.09. The second kappa shape index (κ2) is 6.50. The van der Waals surface area contributed by atoms with Crippen LogP contribution in [0.4, 0.5) is 4.39 Å². The van der Waals surface area contributed by atoms with Crippen LogP contribution in [0.2, 0.25) is 0 Å². The smallest absolute Gasteiger partial charge is 0.137 e. The molecule has 1 N–H and O–H groups in total. The highest BCUT2D eigenvalue weighted by atomic mass is 79.9. The highest BCUT2D eigenvalue weighted by Gasteiger charge is 2.23. The highest BCUT2D eigenvalue weighted by Crippen LogP contribution is 2.23. The van der Waals surface area contributed by atoms with Crippen LogP contribution in [-0.4, -0.2) is 5.54 Å². The van der Waals surface area contributed by atoms with Gasteiger partial charge in [-0.05, 0) is 46.8 Å². The third kappa shape index (κ3) is 3.52. The van der Waals surface area contributed by atoms with Gasteiger partial charge < -0.3 is 5.32 Å². The van der Waals surface area contributed by atoms with E-state index >= 15 is 0 Å². The molecule has 0 saturated heterocycles. The minimum Gasteiger partial charge on any atom is -0.307 e. The molecule has 1 aromatic carbocycles. The van der Waals surface area contributed by atoms with Crippen LogP contribution in [0.15, 0.2) is 22.7 Å². The molecule has 0 spiro atoms. The molecule has 1 nitrogen and oxygen atoms in total. The van der Waals surface area contributed by atoms with E-state index in [1.165, 1.54) is 6.07 Å². The molecule has 17 heavy (non-hydrogen) atoms. The summed E-state index contributed by atoms with van der Waals surface area (Å²) in [6, 6.07) is 5.18. The number of rotatable bonds is 6. The molecule has 96 valence electrons. The summed E-state index contributed by atoms with van der Waals surface area (Å²) in [5, 5.41) is 3.57. The average Bonchev–Trinajstić information content (AvgIpc) is 2.36. The van der Waals surface area contributed by atoms with E-state index in [4.69, 9.17) is 0 Å². The van der Waals surface area contributed by atoms with Gasteiger partial charge in [-0.25, -0.2) is 4.39 Å². The van der Waals surface area contributed by atoms with Crippen molar-refractivity contribution < 1.29 is 4.39 Å². The summed E-state index contributed by atoms with van der Waals surface area (Å²) < 4.78 is 13.9. The second-order valence-corrected chi connectivity index (χ2v) is 5.20. The molecule has 0 saturated carbocycles. The van der Waals surface area contributed by atoms with Gasteiger partial charge in [-0.15, -0.1) is 0 Å². The summed E-state index contributed by atoms with van der Waals surface area (Å²) >= 11 is 3.30. The molecule has 0 unspecified atom stereocenters. The number of hydrogen-bond acceptors (Lipinski definition) is 1. The largest absolute Gasteiger partial charge is 0.307 e. The van der Waals surface area contributed by atoms with Gasteiger partial charge in [0, 0.05) is 12.1 Å². The first kappa shape index (κ1) is 14.7. The molecule has 0 heterocycles. The Balaban J connectivity index is 2.75. The van der Waals surface area contributed by atoms with E-state index in [0.717, 1.165) is 24.8 Å². The molecule has 0 aliphatic heterocycles. The molecule has 0 bridgehead atoms. The maximum absolute atomic E-state index is 13.4. The number of halogens is 2. The summed E-state index contributed by atoms with van der Waals surface area (Å²) in [5.74, 6) is -0.195. The number of hydrogen-bond donors (Lipinski definition) is 1. The predicted octanol–water partition coefficient (Wildman–Crippen LogP) is 4.65. The molecule has 1 rings (SSSR count). The van der Waals surface area contributed by atoms with Crippen LogP contribution in [0, 0.1) is 5.82 Å². The average molecular weight is 302 g/mol. The van der Waals surface area contributed by atoms with Crippen molar-refractivity contribution in [3.05, 3.63) is 34.1 Å². The Bertz CT molecular complexity index is 353. The van der Waals surface area contributed by atoms with Crippen LogP contribution < -0.4 is 5.32 Å². The summed E-state index contributed by atoms with van der Waals surface area (Å²) in [7, 11) is 0. The number of nitrogens with one attached hydrogen (secondary N) is 1. The Kier molecular flexibility index (Phi) is 5.60.